The summed E-state index contributed by atoms with van der Waals surface area (Å²) in [6.07, 6.45) is 2.93. The molecule has 2 heterocycles. The lowest BCUT2D eigenvalue weighted by molar-refractivity contribution is 0.100. The van der Waals surface area contributed by atoms with Gasteiger partial charge in [-0.1, -0.05) is 0 Å². The fourth-order valence-corrected chi connectivity index (χ4v) is 3.05. The highest BCUT2D eigenvalue weighted by atomic mass is 19.1. The Bertz CT molecular complexity index is 1190. The number of amides is 1. The van der Waals surface area contributed by atoms with Crippen LogP contribution in [-0.4, -0.2) is 28.2 Å². The predicted molar refractivity (Wildman–Crippen MR) is 96.3 cm³/mol. The molecule has 0 radical (unpaired) electrons. The zero-order chi connectivity index (χ0) is 18.4. The number of carbonyl (C=O) groups is 1. The van der Waals surface area contributed by atoms with Gasteiger partial charge in [-0.2, -0.15) is 5.10 Å². The van der Waals surface area contributed by atoms with Gasteiger partial charge in [0.15, 0.2) is 0 Å². The van der Waals surface area contributed by atoms with E-state index in [9.17, 15) is 9.18 Å². The third-order valence-corrected chi connectivity index (χ3v) is 4.33. The number of hydrogen-bond acceptors (Lipinski definition) is 5. The summed E-state index contributed by atoms with van der Waals surface area (Å²) < 4.78 is 19.9. The lowest BCUT2D eigenvalue weighted by atomic mass is 9.98. The van der Waals surface area contributed by atoms with E-state index in [-0.39, 0.29) is 16.6 Å². The zero-order valence-corrected chi connectivity index (χ0v) is 13.7. The largest absolute Gasteiger partial charge is 0.496 e. The van der Waals surface area contributed by atoms with Gasteiger partial charge in [-0.25, -0.2) is 4.39 Å². The van der Waals surface area contributed by atoms with Gasteiger partial charge in [-0.15, -0.1) is 0 Å². The van der Waals surface area contributed by atoms with Crippen molar-refractivity contribution in [1.82, 2.24) is 15.2 Å². The average Bonchev–Trinajstić information content (AvgIpc) is 3.08. The van der Waals surface area contributed by atoms with Gasteiger partial charge in [-0.3, -0.25) is 14.9 Å². The number of pyridine rings is 1. The molecule has 7 nitrogen and oxygen atoms in total. The highest BCUT2D eigenvalue weighted by Crippen LogP contribution is 2.39. The second-order valence-corrected chi connectivity index (χ2v) is 5.78. The standard InChI is InChI=1S/C18H14FN5O2/c1-26-14-4-8-6-23-24-13(8)5-10(14)9-2-3-12(19)15-16(20)11(18(21)25)7-22-17(9)15/h2-7H,1H3,(H2,20,22)(H2,21,25)(H,23,24). The lowest BCUT2D eigenvalue weighted by Crippen LogP contribution is -2.14. The molecule has 4 aromatic rings. The molecule has 0 unspecified atom stereocenters. The number of methoxy groups -OCH3 is 1. The smallest absolute Gasteiger partial charge is 0.252 e. The van der Waals surface area contributed by atoms with Gasteiger partial charge in [-0.05, 0) is 24.3 Å². The van der Waals surface area contributed by atoms with E-state index < -0.39 is 11.7 Å². The van der Waals surface area contributed by atoms with Gasteiger partial charge >= 0.3 is 0 Å². The fourth-order valence-electron chi connectivity index (χ4n) is 3.05. The number of aromatic amines is 1. The first-order valence-corrected chi connectivity index (χ1v) is 7.69. The normalized spacial score (nSPS) is 11.2. The highest BCUT2D eigenvalue weighted by molar-refractivity contribution is 6.09. The van der Waals surface area contributed by atoms with Crippen molar-refractivity contribution < 1.29 is 13.9 Å². The molecule has 0 aliphatic rings. The molecular weight excluding hydrogens is 337 g/mol. The third-order valence-electron chi connectivity index (χ3n) is 4.33. The molecule has 0 atom stereocenters. The van der Waals surface area contributed by atoms with Crippen molar-refractivity contribution in [3.05, 3.63) is 48.0 Å². The average molecular weight is 351 g/mol. The first kappa shape index (κ1) is 15.8. The summed E-state index contributed by atoms with van der Waals surface area (Å²) in [6, 6.07) is 6.53. The summed E-state index contributed by atoms with van der Waals surface area (Å²) in [5.74, 6) is -0.775. The zero-order valence-electron chi connectivity index (χ0n) is 13.7. The van der Waals surface area contributed by atoms with E-state index in [1.165, 1.54) is 12.3 Å². The van der Waals surface area contributed by atoms with Crippen molar-refractivity contribution in [3.63, 3.8) is 0 Å². The number of ether oxygens (including phenoxy) is 1. The predicted octanol–water partition coefficient (Wildman–Crippen LogP) is 2.61. The Labute approximate surface area is 146 Å². The number of rotatable bonds is 3. The Morgan fingerprint density at radius 3 is 2.77 bits per heavy atom. The van der Waals surface area contributed by atoms with Crippen molar-refractivity contribution in [2.45, 2.75) is 0 Å². The molecular formula is C18H14FN5O2. The van der Waals surface area contributed by atoms with Crippen molar-refractivity contribution in [1.29, 1.82) is 0 Å². The lowest BCUT2D eigenvalue weighted by Gasteiger charge is -2.13. The molecule has 4 rings (SSSR count). The van der Waals surface area contributed by atoms with Crippen LogP contribution in [0, 0.1) is 5.82 Å². The molecule has 2 aromatic carbocycles. The summed E-state index contributed by atoms with van der Waals surface area (Å²) in [5.41, 5.74) is 13.6. The Morgan fingerprint density at radius 2 is 2.04 bits per heavy atom. The second kappa shape index (κ2) is 5.69. The van der Waals surface area contributed by atoms with Crippen LogP contribution in [0.5, 0.6) is 5.75 Å². The number of fused-ring (bicyclic) bond motifs is 2. The highest BCUT2D eigenvalue weighted by Gasteiger charge is 2.19. The first-order valence-electron chi connectivity index (χ1n) is 7.69. The van der Waals surface area contributed by atoms with Crippen molar-refractivity contribution in [2.24, 2.45) is 5.73 Å². The van der Waals surface area contributed by atoms with E-state index in [1.807, 2.05) is 12.1 Å². The minimum absolute atomic E-state index is 0.0236. The van der Waals surface area contributed by atoms with Crippen LogP contribution in [0.2, 0.25) is 0 Å². The summed E-state index contributed by atoms with van der Waals surface area (Å²) >= 11 is 0. The molecule has 0 fully saturated rings. The van der Waals surface area contributed by atoms with Crippen molar-refractivity contribution in [3.8, 4) is 16.9 Å². The molecule has 0 spiro atoms. The number of hydrogen-bond donors (Lipinski definition) is 3. The summed E-state index contributed by atoms with van der Waals surface area (Å²) in [4.78, 5) is 15.7. The molecule has 0 saturated carbocycles. The summed E-state index contributed by atoms with van der Waals surface area (Å²) in [5, 5.41) is 7.82. The van der Waals surface area contributed by atoms with Gasteiger partial charge in [0.1, 0.15) is 11.6 Å². The topological polar surface area (TPSA) is 120 Å². The Kier molecular flexibility index (Phi) is 3.47. The van der Waals surface area contributed by atoms with Crippen LogP contribution >= 0.6 is 0 Å². The maximum atomic E-state index is 14.5. The minimum Gasteiger partial charge on any atom is -0.496 e. The molecule has 0 bridgehead atoms. The maximum absolute atomic E-state index is 14.5. The number of nitrogens with one attached hydrogen (secondary N) is 1. The maximum Gasteiger partial charge on any atom is 0.252 e. The number of aromatic nitrogens is 3. The van der Waals surface area contributed by atoms with Gasteiger partial charge in [0.25, 0.3) is 5.91 Å². The van der Waals surface area contributed by atoms with Crippen LogP contribution in [0.1, 0.15) is 10.4 Å². The molecule has 0 saturated heterocycles. The van der Waals surface area contributed by atoms with E-state index >= 15 is 0 Å². The second-order valence-electron chi connectivity index (χ2n) is 5.78. The van der Waals surface area contributed by atoms with E-state index in [0.717, 1.165) is 10.9 Å². The van der Waals surface area contributed by atoms with E-state index in [4.69, 9.17) is 16.2 Å². The Hall–Kier alpha value is -3.68. The van der Waals surface area contributed by atoms with Gasteiger partial charge in [0.2, 0.25) is 0 Å². The van der Waals surface area contributed by atoms with E-state index in [1.54, 1.807) is 19.4 Å². The Balaban J connectivity index is 2.08. The van der Waals surface area contributed by atoms with Crippen LogP contribution in [0.4, 0.5) is 10.1 Å². The fraction of sp³-hybridized carbons (Fsp3) is 0.0556. The number of anilines is 1. The number of benzene rings is 2. The van der Waals surface area contributed by atoms with Gasteiger partial charge in [0, 0.05) is 22.7 Å². The van der Waals surface area contributed by atoms with Gasteiger partial charge in [0.05, 0.1) is 41.0 Å². The first-order chi connectivity index (χ1) is 12.5. The molecule has 1 amide bonds. The Morgan fingerprint density at radius 1 is 1.23 bits per heavy atom. The third kappa shape index (κ3) is 2.23. The number of carbonyl (C=O) groups excluding carboxylic acids is 1. The summed E-state index contributed by atoms with van der Waals surface area (Å²) in [7, 11) is 1.55. The number of nitrogens with two attached hydrogens (primary N) is 2. The molecule has 2 aromatic heterocycles. The monoisotopic (exact) mass is 351 g/mol. The number of halogens is 1. The molecule has 0 aliphatic heterocycles. The molecule has 26 heavy (non-hydrogen) atoms. The summed E-state index contributed by atoms with van der Waals surface area (Å²) in [6.45, 7) is 0. The van der Waals surface area contributed by atoms with E-state index in [0.29, 0.717) is 22.4 Å². The number of H-pyrrole nitrogens is 1. The quantitative estimate of drug-likeness (QED) is 0.524. The number of nitrogen functional groups attached to an aromatic ring is 1. The van der Waals surface area contributed by atoms with Gasteiger partial charge < -0.3 is 16.2 Å². The van der Waals surface area contributed by atoms with Crippen LogP contribution in [-0.2, 0) is 0 Å². The number of nitrogens with zero attached hydrogens (tertiary/aromatic N) is 2. The number of primary amides is 1. The molecule has 0 aliphatic carbocycles. The van der Waals surface area contributed by atoms with Crippen LogP contribution in [0.25, 0.3) is 32.9 Å². The SMILES string of the molecule is COc1cc2cn[nH]c2cc1-c1ccc(F)c2c(N)c(C(N)=O)cnc12. The van der Waals surface area contributed by atoms with Crippen LogP contribution in [0.15, 0.2) is 36.7 Å². The van der Waals surface area contributed by atoms with E-state index in [2.05, 4.69) is 15.2 Å². The molecule has 130 valence electrons. The molecule has 5 N–H and O–H groups in total. The van der Waals surface area contributed by atoms with Crippen LogP contribution < -0.4 is 16.2 Å². The molecule has 8 heteroatoms. The van der Waals surface area contributed by atoms with Crippen LogP contribution in [0.3, 0.4) is 0 Å². The van der Waals surface area contributed by atoms with Crippen molar-refractivity contribution >= 4 is 33.4 Å². The van der Waals surface area contributed by atoms with Crippen molar-refractivity contribution in [2.75, 3.05) is 12.8 Å². The minimum atomic E-state index is -0.766.